The number of hydrogen-bond acceptors (Lipinski definition) is 5. The van der Waals surface area contributed by atoms with Gasteiger partial charge in [-0.1, -0.05) is 38.1 Å². The maximum Gasteiger partial charge on any atom is 0.410 e. The Hall–Kier alpha value is -4.60. The monoisotopic (exact) mass is 622 g/mol. The summed E-state index contributed by atoms with van der Waals surface area (Å²) in [6.45, 7) is 11.4. The van der Waals surface area contributed by atoms with Crippen molar-refractivity contribution in [2.24, 2.45) is 0 Å². The molecule has 2 saturated heterocycles. The number of carbonyl (C=O) groups is 2. The van der Waals surface area contributed by atoms with Gasteiger partial charge >= 0.3 is 12.2 Å². The van der Waals surface area contributed by atoms with Gasteiger partial charge in [0.1, 0.15) is 17.2 Å². The molecule has 10 nitrogen and oxygen atoms in total. The molecule has 46 heavy (non-hydrogen) atoms. The number of nitrogens with zero attached hydrogens (tertiary/aromatic N) is 4. The number of aromatic amines is 2. The normalized spacial score (nSPS) is 20.5. The lowest BCUT2D eigenvalue weighted by Gasteiger charge is -2.35. The van der Waals surface area contributed by atoms with Gasteiger partial charge in [0.2, 0.25) is 0 Å². The topological polar surface area (TPSA) is 127 Å². The number of benzene rings is 2. The highest BCUT2D eigenvalue weighted by atomic mass is 16.6. The molecule has 4 aromatic rings. The second-order valence-electron chi connectivity index (χ2n) is 14.5. The summed E-state index contributed by atoms with van der Waals surface area (Å²) < 4.78 is 5.66. The van der Waals surface area contributed by atoms with E-state index >= 15 is 0 Å². The molecule has 2 unspecified atom stereocenters. The summed E-state index contributed by atoms with van der Waals surface area (Å²) in [6, 6.07) is 12.8. The number of amides is 2. The van der Waals surface area contributed by atoms with Crippen molar-refractivity contribution >= 4 is 12.2 Å². The van der Waals surface area contributed by atoms with Crippen LogP contribution >= 0.6 is 0 Å². The smallest absolute Gasteiger partial charge is 0.410 e. The number of fused-ring (bicyclic) bond motifs is 3. The number of carbonyl (C=O) groups excluding carboxylic acids is 1. The summed E-state index contributed by atoms with van der Waals surface area (Å²) in [4.78, 5) is 44.1. The van der Waals surface area contributed by atoms with E-state index in [1.54, 1.807) is 4.90 Å². The molecule has 0 radical (unpaired) electrons. The van der Waals surface area contributed by atoms with Crippen LogP contribution in [0, 0.1) is 0 Å². The van der Waals surface area contributed by atoms with Crippen molar-refractivity contribution in [1.29, 1.82) is 0 Å². The predicted octanol–water partition coefficient (Wildman–Crippen LogP) is 7.85. The third kappa shape index (κ3) is 5.43. The highest BCUT2D eigenvalue weighted by molar-refractivity contribution is 5.80. The van der Waals surface area contributed by atoms with Crippen LogP contribution in [0.4, 0.5) is 9.59 Å². The fourth-order valence-electron chi connectivity index (χ4n) is 7.42. The quantitative estimate of drug-likeness (QED) is 0.213. The Morgan fingerprint density at radius 1 is 0.870 bits per heavy atom. The zero-order chi connectivity index (χ0) is 32.4. The number of hydrogen-bond donors (Lipinski definition) is 3. The highest BCUT2D eigenvalue weighted by Crippen LogP contribution is 2.45. The van der Waals surface area contributed by atoms with Crippen molar-refractivity contribution in [2.45, 2.75) is 89.8 Å². The third-order valence-corrected chi connectivity index (χ3v) is 9.60. The number of ether oxygens (including phenoxy) is 1. The molecule has 3 aliphatic rings. The van der Waals surface area contributed by atoms with Gasteiger partial charge < -0.3 is 19.8 Å². The van der Waals surface area contributed by atoms with E-state index in [4.69, 9.17) is 9.72 Å². The second-order valence-corrected chi connectivity index (χ2v) is 14.5. The summed E-state index contributed by atoms with van der Waals surface area (Å²) in [6.07, 6.45) is 6.77. The Labute approximate surface area is 269 Å². The maximum atomic E-state index is 12.9. The van der Waals surface area contributed by atoms with Gasteiger partial charge in [0.25, 0.3) is 0 Å². The number of likely N-dealkylation sites (tertiary alicyclic amines) is 2. The molecule has 2 fully saturated rings. The lowest BCUT2D eigenvalue weighted by molar-refractivity contribution is 0.0218. The molecule has 240 valence electrons. The van der Waals surface area contributed by atoms with E-state index in [0.717, 1.165) is 60.4 Å². The van der Waals surface area contributed by atoms with Crippen molar-refractivity contribution in [3.8, 4) is 33.6 Å². The SMILES string of the molecule is CC(C)(C)OC(=O)N1CCCC1c1ncc(-c2ccc3c(c2)C(C)(C)Cc2cc(-c4cnc(C5CCCN5C(=O)O)[nH]4)ccc2-3)[nH]1. The molecule has 2 aliphatic heterocycles. The van der Waals surface area contributed by atoms with E-state index in [1.807, 2.05) is 33.2 Å². The number of H-pyrrole nitrogens is 2. The van der Waals surface area contributed by atoms with Gasteiger partial charge in [0.15, 0.2) is 0 Å². The van der Waals surface area contributed by atoms with E-state index in [2.05, 4.69) is 65.2 Å². The standard InChI is InChI=1S/C36H42N6O4/c1-35(2,3)46-34(45)42-15-7-9-30(42)32-38-20-28(40-32)22-11-13-25-24-12-10-21(16-23(24)18-36(4,5)26(25)17-22)27-19-37-31(39-27)29-8-6-14-41(29)33(43)44/h10-13,16-17,19-20,29-30H,6-9,14-15,18H2,1-5H3,(H,37,39)(H,38,40)(H,43,44). The fourth-order valence-corrected chi connectivity index (χ4v) is 7.42. The molecule has 3 N–H and O–H groups in total. The Morgan fingerprint density at radius 3 is 2.04 bits per heavy atom. The number of nitrogens with one attached hydrogen (secondary N) is 2. The zero-order valence-electron chi connectivity index (χ0n) is 27.2. The van der Waals surface area contributed by atoms with Crippen LogP contribution in [0.1, 0.15) is 95.2 Å². The van der Waals surface area contributed by atoms with Gasteiger partial charge in [-0.3, -0.25) is 9.80 Å². The molecule has 2 aromatic carbocycles. The minimum absolute atomic E-state index is 0.107. The van der Waals surface area contributed by atoms with E-state index in [9.17, 15) is 14.7 Å². The van der Waals surface area contributed by atoms with Gasteiger partial charge in [-0.05, 0) is 104 Å². The summed E-state index contributed by atoms with van der Waals surface area (Å²) >= 11 is 0. The van der Waals surface area contributed by atoms with Crippen LogP contribution in [0.2, 0.25) is 0 Å². The first-order chi connectivity index (χ1) is 21.9. The van der Waals surface area contributed by atoms with Crippen molar-refractivity contribution in [3.63, 3.8) is 0 Å². The number of imidazole rings is 2. The number of rotatable bonds is 4. The van der Waals surface area contributed by atoms with Crippen molar-refractivity contribution in [1.82, 2.24) is 29.7 Å². The van der Waals surface area contributed by atoms with E-state index in [1.165, 1.54) is 27.2 Å². The van der Waals surface area contributed by atoms with Crippen molar-refractivity contribution in [2.75, 3.05) is 13.1 Å². The summed E-state index contributed by atoms with van der Waals surface area (Å²) in [5, 5.41) is 9.58. The van der Waals surface area contributed by atoms with Gasteiger partial charge in [-0.25, -0.2) is 19.6 Å². The Bertz CT molecular complexity index is 1810. The van der Waals surface area contributed by atoms with Crippen molar-refractivity contribution in [3.05, 3.63) is 71.6 Å². The van der Waals surface area contributed by atoms with E-state index in [0.29, 0.717) is 18.9 Å². The first-order valence-electron chi connectivity index (χ1n) is 16.3. The van der Waals surface area contributed by atoms with Crippen LogP contribution in [-0.2, 0) is 16.6 Å². The zero-order valence-corrected chi connectivity index (χ0v) is 27.2. The first-order valence-corrected chi connectivity index (χ1v) is 16.3. The largest absolute Gasteiger partial charge is 0.465 e. The molecule has 4 heterocycles. The Morgan fingerprint density at radius 2 is 1.43 bits per heavy atom. The van der Waals surface area contributed by atoms with Crippen LogP contribution in [0.5, 0.6) is 0 Å². The van der Waals surface area contributed by atoms with Gasteiger partial charge in [-0.2, -0.15) is 0 Å². The maximum absolute atomic E-state index is 12.9. The van der Waals surface area contributed by atoms with Crippen molar-refractivity contribution < 1.29 is 19.4 Å². The lowest BCUT2D eigenvalue weighted by Crippen LogP contribution is -2.36. The number of carboxylic acid groups (broad SMARTS) is 1. The molecular weight excluding hydrogens is 580 g/mol. The third-order valence-electron chi connectivity index (χ3n) is 9.60. The summed E-state index contributed by atoms with van der Waals surface area (Å²) in [5.41, 5.74) is 8.31. The molecule has 2 atom stereocenters. The average molecular weight is 623 g/mol. The van der Waals surface area contributed by atoms with Gasteiger partial charge in [-0.15, -0.1) is 0 Å². The van der Waals surface area contributed by atoms with Crippen LogP contribution in [0.25, 0.3) is 33.6 Å². The summed E-state index contributed by atoms with van der Waals surface area (Å²) in [5.74, 6) is 1.50. The van der Waals surface area contributed by atoms with Crippen LogP contribution in [0.3, 0.4) is 0 Å². The molecule has 2 amide bonds. The molecule has 0 saturated carbocycles. The molecule has 1 aliphatic carbocycles. The average Bonchev–Trinajstić information content (AvgIpc) is 3.81. The molecule has 7 rings (SSSR count). The fraction of sp³-hybridized carbons (Fsp3) is 0.444. The van der Waals surface area contributed by atoms with Crippen LogP contribution < -0.4 is 0 Å². The Balaban J connectivity index is 1.14. The number of aromatic nitrogens is 4. The molecular formula is C36H42N6O4. The summed E-state index contributed by atoms with van der Waals surface area (Å²) in [7, 11) is 0. The highest BCUT2D eigenvalue weighted by Gasteiger charge is 2.36. The molecule has 0 spiro atoms. The van der Waals surface area contributed by atoms with Gasteiger partial charge in [0.05, 0.1) is 35.9 Å². The minimum Gasteiger partial charge on any atom is -0.465 e. The van der Waals surface area contributed by atoms with Gasteiger partial charge in [0, 0.05) is 13.1 Å². The molecule has 10 heteroatoms. The second kappa shape index (κ2) is 11.0. The van der Waals surface area contributed by atoms with E-state index < -0.39 is 11.7 Å². The molecule has 0 bridgehead atoms. The minimum atomic E-state index is -0.898. The molecule has 2 aromatic heterocycles. The van der Waals surface area contributed by atoms with E-state index in [-0.39, 0.29) is 23.6 Å². The lowest BCUT2D eigenvalue weighted by atomic mass is 9.69. The first kappa shape index (κ1) is 30.1. The van der Waals surface area contributed by atoms with Crippen LogP contribution in [0.15, 0.2) is 48.8 Å². The van der Waals surface area contributed by atoms with Crippen LogP contribution in [-0.4, -0.2) is 65.7 Å². The predicted molar refractivity (Wildman–Crippen MR) is 175 cm³/mol. The Kier molecular flexibility index (Phi) is 7.21.